The van der Waals surface area contributed by atoms with Gasteiger partial charge in [0.05, 0.1) is 6.61 Å². The Morgan fingerprint density at radius 2 is 2.00 bits per heavy atom. The Hall–Kier alpha value is -1.81. The van der Waals surface area contributed by atoms with Crippen LogP contribution in [0.25, 0.3) is 6.08 Å². The lowest BCUT2D eigenvalue weighted by molar-refractivity contribution is -0.126. The van der Waals surface area contributed by atoms with E-state index in [1.165, 1.54) is 0 Å². The van der Waals surface area contributed by atoms with Crippen LogP contribution in [0.2, 0.25) is 0 Å². The summed E-state index contributed by atoms with van der Waals surface area (Å²) in [4.78, 5) is 13.8. The normalized spacial score (nSPS) is 16.8. The lowest BCUT2D eigenvalue weighted by atomic mass is 10.2. The predicted octanol–water partition coefficient (Wildman–Crippen LogP) is 1.53. The van der Waals surface area contributed by atoms with Gasteiger partial charge in [-0.05, 0) is 30.2 Å². The fraction of sp³-hybridized carbons (Fsp3) is 0.357. The van der Waals surface area contributed by atoms with Gasteiger partial charge in [-0.15, -0.1) is 0 Å². The third-order valence-electron chi connectivity index (χ3n) is 2.89. The third kappa shape index (κ3) is 3.60. The van der Waals surface area contributed by atoms with Crippen LogP contribution in [0.5, 0.6) is 0 Å². The second-order valence-corrected chi connectivity index (χ2v) is 4.29. The molecule has 1 amide bonds. The number of rotatable bonds is 2. The zero-order valence-corrected chi connectivity index (χ0v) is 10.3. The highest BCUT2D eigenvalue weighted by Crippen LogP contribution is 2.08. The first-order valence-electron chi connectivity index (χ1n) is 6.16. The summed E-state index contributed by atoms with van der Waals surface area (Å²) >= 11 is 0. The molecular weight excluding hydrogens is 228 g/mol. The van der Waals surface area contributed by atoms with Crippen molar-refractivity contribution in [3.05, 3.63) is 35.9 Å². The Balaban J connectivity index is 1.95. The standard InChI is InChI=1S/C14H18N2O2/c15-13-5-2-12(3-6-13)4-7-14(17)16-8-1-10-18-11-9-16/h2-7H,1,8-11,15H2/b7-4+. The summed E-state index contributed by atoms with van der Waals surface area (Å²) in [5, 5.41) is 0. The number of nitrogens with zero attached hydrogens (tertiary/aromatic N) is 1. The van der Waals surface area contributed by atoms with Crippen molar-refractivity contribution in [1.29, 1.82) is 0 Å². The van der Waals surface area contributed by atoms with Crippen LogP contribution in [0, 0.1) is 0 Å². The highest BCUT2D eigenvalue weighted by Gasteiger charge is 2.12. The number of nitrogen functional groups attached to an aromatic ring is 1. The summed E-state index contributed by atoms with van der Waals surface area (Å²) in [6.45, 7) is 2.81. The van der Waals surface area contributed by atoms with Gasteiger partial charge in [0.15, 0.2) is 0 Å². The van der Waals surface area contributed by atoms with E-state index in [9.17, 15) is 4.79 Å². The minimum atomic E-state index is 0.0392. The van der Waals surface area contributed by atoms with E-state index >= 15 is 0 Å². The molecule has 0 radical (unpaired) electrons. The average molecular weight is 246 g/mol. The molecule has 4 heteroatoms. The van der Waals surface area contributed by atoms with Crippen molar-refractivity contribution in [1.82, 2.24) is 4.90 Å². The summed E-state index contributed by atoms with van der Waals surface area (Å²) in [5.74, 6) is 0.0392. The molecule has 0 unspecified atom stereocenters. The van der Waals surface area contributed by atoms with E-state index in [0.29, 0.717) is 13.2 Å². The Morgan fingerprint density at radius 1 is 1.22 bits per heavy atom. The molecule has 1 aliphatic heterocycles. The summed E-state index contributed by atoms with van der Waals surface area (Å²) in [7, 11) is 0. The van der Waals surface area contributed by atoms with Gasteiger partial charge in [0, 0.05) is 31.5 Å². The number of carbonyl (C=O) groups excluding carboxylic acids is 1. The van der Waals surface area contributed by atoms with Crippen molar-refractivity contribution in [2.24, 2.45) is 0 Å². The monoisotopic (exact) mass is 246 g/mol. The maximum absolute atomic E-state index is 12.0. The number of amides is 1. The fourth-order valence-electron chi connectivity index (χ4n) is 1.85. The Bertz CT molecular complexity index is 418. The summed E-state index contributed by atoms with van der Waals surface area (Å²) in [6, 6.07) is 7.43. The van der Waals surface area contributed by atoms with Crippen LogP contribution in [-0.2, 0) is 9.53 Å². The SMILES string of the molecule is Nc1ccc(/C=C/C(=O)N2CCCOCC2)cc1. The largest absolute Gasteiger partial charge is 0.399 e. The van der Waals surface area contributed by atoms with E-state index in [1.54, 1.807) is 6.08 Å². The minimum Gasteiger partial charge on any atom is -0.399 e. The summed E-state index contributed by atoms with van der Waals surface area (Å²) in [6.07, 6.45) is 4.33. The van der Waals surface area contributed by atoms with E-state index in [-0.39, 0.29) is 5.91 Å². The number of hydrogen-bond donors (Lipinski definition) is 1. The van der Waals surface area contributed by atoms with E-state index in [1.807, 2.05) is 35.2 Å². The molecule has 0 aromatic heterocycles. The molecule has 0 bridgehead atoms. The molecule has 18 heavy (non-hydrogen) atoms. The van der Waals surface area contributed by atoms with Crippen LogP contribution in [0.1, 0.15) is 12.0 Å². The molecule has 1 fully saturated rings. The second-order valence-electron chi connectivity index (χ2n) is 4.29. The number of hydrogen-bond acceptors (Lipinski definition) is 3. The van der Waals surface area contributed by atoms with Gasteiger partial charge >= 0.3 is 0 Å². The molecule has 96 valence electrons. The first-order chi connectivity index (χ1) is 8.75. The highest BCUT2D eigenvalue weighted by molar-refractivity contribution is 5.91. The van der Waals surface area contributed by atoms with Crippen LogP contribution in [0.3, 0.4) is 0 Å². The van der Waals surface area contributed by atoms with Crippen LogP contribution < -0.4 is 5.73 Å². The third-order valence-corrected chi connectivity index (χ3v) is 2.89. The number of benzene rings is 1. The van der Waals surface area contributed by atoms with Gasteiger partial charge < -0.3 is 15.4 Å². The first-order valence-corrected chi connectivity index (χ1v) is 6.16. The molecule has 2 rings (SSSR count). The van der Waals surface area contributed by atoms with Gasteiger partial charge in [0.1, 0.15) is 0 Å². The molecular formula is C14H18N2O2. The average Bonchev–Trinajstić information content (AvgIpc) is 2.66. The van der Waals surface area contributed by atoms with Crippen LogP contribution >= 0.6 is 0 Å². The zero-order chi connectivity index (χ0) is 12.8. The Kier molecular flexibility index (Phi) is 4.36. The number of nitrogens with two attached hydrogens (primary N) is 1. The van der Waals surface area contributed by atoms with E-state index < -0.39 is 0 Å². The molecule has 2 N–H and O–H groups in total. The number of anilines is 1. The molecule has 1 heterocycles. The molecule has 1 aromatic rings. The Labute approximate surface area is 107 Å². The molecule has 0 saturated carbocycles. The van der Waals surface area contributed by atoms with Gasteiger partial charge in [0.2, 0.25) is 5.91 Å². The van der Waals surface area contributed by atoms with Crippen LogP contribution in [0.15, 0.2) is 30.3 Å². The minimum absolute atomic E-state index is 0.0392. The summed E-state index contributed by atoms with van der Waals surface area (Å²) in [5.41, 5.74) is 7.30. The molecule has 1 saturated heterocycles. The van der Waals surface area contributed by atoms with Gasteiger partial charge in [-0.1, -0.05) is 12.1 Å². The molecule has 4 nitrogen and oxygen atoms in total. The molecule has 0 aliphatic carbocycles. The topological polar surface area (TPSA) is 55.6 Å². The fourth-order valence-corrected chi connectivity index (χ4v) is 1.85. The van der Waals surface area contributed by atoms with Crippen molar-refractivity contribution in [2.75, 3.05) is 32.0 Å². The second kappa shape index (κ2) is 6.21. The smallest absolute Gasteiger partial charge is 0.246 e. The van der Waals surface area contributed by atoms with E-state index in [2.05, 4.69) is 0 Å². The molecule has 1 aromatic carbocycles. The van der Waals surface area contributed by atoms with E-state index in [0.717, 1.165) is 30.8 Å². The van der Waals surface area contributed by atoms with Crippen molar-refractivity contribution >= 4 is 17.7 Å². The maximum Gasteiger partial charge on any atom is 0.246 e. The van der Waals surface area contributed by atoms with Crippen molar-refractivity contribution < 1.29 is 9.53 Å². The van der Waals surface area contributed by atoms with Crippen LogP contribution in [-0.4, -0.2) is 37.1 Å². The van der Waals surface area contributed by atoms with Gasteiger partial charge in [-0.2, -0.15) is 0 Å². The number of ether oxygens (including phenoxy) is 1. The quantitative estimate of drug-likeness (QED) is 0.636. The van der Waals surface area contributed by atoms with Crippen molar-refractivity contribution in [3.8, 4) is 0 Å². The predicted molar refractivity (Wildman–Crippen MR) is 71.9 cm³/mol. The van der Waals surface area contributed by atoms with Crippen molar-refractivity contribution in [3.63, 3.8) is 0 Å². The summed E-state index contributed by atoms with van der Waals surface area (Å²) < 4.78 is 5.32. The lowest BCUT2D eigenvalue weighted by Gasteiger charge is -2.17. The maximum atomic E-state index is 12.0. The lowest BCUT2D eigenvalue weighted by Crippen LogP contribution is -2.31. The molecule has 0 spiro atoms. The van der Waals surface area contributed by atoms with Crippen LogP contribution in [0.4, 0.5) is 5.69 Å². The van der Waals surface area contributed by atoms with Gasteiger partial charge in [0.25, 0.3) is 0 Å². The van der Waals surface area contributed by atoms with Gasteiger partial charge in [-0.25, -0.2) is 0 Å². The number of carbonyl (C=O) groups is 1. The molecule has 0 atom stereocenters. The highest BCUT2D eigenvalue weighted by atomic mass is 16.5. The first kappa shape index (κ1) is 12.6. The zero-order valence-electron chi connectivity index (χ0n) is 10.3. The molecule has 1 aliphatic rings. The Morgan fingerprint density at radius 3 is 2.78 bits per heavy atom. The van der Waals surface area contributed by atoms with E-state index in [4.69, 9.17) is 10.5 Å². The van der Waals surface area contributed by atoms with Gasteiger partial charge in [-0.3, -0.25) is 4.79 Å². The van der Waals surface area contributed by atoms with Crippen molar-refractivity contribution in [2.45, 2.75) is 6.42 Å².